The van der Waals surface area contributed by atoms with Gasteiger partial charge in [-0.05, 0) is 61.3 Å². The highest BCUT2D eigenvalue weighted by Gasteiger charge is 2.27. The Kier molecular flexibility index (Phi) is 5.23. The summed E-state index contributed by atoms with van der Waals surface area (Å²) in [4.78, 5) is 15.2. The highest BCUT2D eigenvalue weighted by atomic mass is 35.5. The fourth-order valence-corrected chi connectivity index (χ4v) is 3.92. The topological polar surface area (TPSA) is 48.0 Å². The first-order chi connectivity index (χ1) is 13.1. The third-order valence-electron chi connectivity index (χ3n) is 5.13. The quantitative estimate of drug-likeness (QED) is 0.720. The van der Waals surface area contributed by atoms with Gasteiger partial charge in [0.05, 0.1) is 7.11 Å². The molecule has 0 saturated carbocycles. The number of rotatable bonds is 5. The number of fused-ring (bicyclic) bond motifs is 1. The second-order valence-corrected chi connectivity index (χ2v) is 7.41. The van der Waals surface area contributed by atoms with Gasteiger partial charge in [-0.2, -0.15) is 0 Å². The molecule has 4 rings (SSSR count). The Hall–Kier alpha value is -2.24. The van der Waals surface area contributed by atoms with E-state index in [2.05, 4.69) is 4.90 Å². The Labute approximate surface area is 163 Å². The molecule has 2 heterocycles. The van der Waals surface area contributed by atoms with Gasteiger partial charge >= 0.3 is 0 Å². The minimum absolute atomic E-state index is 0.0100. The first-order valence-corrected chi connectivity index (χ1v) is 9.50. The van der Waals surface area contributed by atoms with E-state index in [1.807, 2.05) is 24.3 Å². The Morgan fingerprint density at radius 1 is 1.26 bits per heavy atom. The average Bonchev–Trinajstić information content (AvgIpc) is 3.16. The number of ether oxygens (including phenoxy) is 3. The number of piperidine rings is 1. The molecule has 27 heavy (non-hydrogen) atoms. The summed E-state index contributed by atoms with van der Waals surface area (Å²) in [5.74, 6) is 2.27. The van der Waals surface area contributed by atoms with Crippen molar-refractivity contribution in [1.82, 2.24) is 4.90 Å². The maximum atomic E-state index is 12.8. The predicted molar refractivity (Wildman–Crippen MR) is 103 cm³/mol. The monoisotopic (exact) mass is 387 g/mol. The van der Waals surface area contributed by atoms with E-state index in [9.17, 15) is 4.79 Å². The van der Waals surface area contributed by atoms with Crippen molar-refractivity contribution in [2.45, 2.75) is 19.4 Å². The molecule has 0 aromatic heterocycles. The molecular weight excluding hydrogens is 366 g/mol. The maximum absolute atomic E-state index is 12.8. The van der Waals surface area contributed by atoms with E-state index in [0.29, 0.717) is 16.5 Å². The minimum Gasteiger partial charge on any atom is -0.493 e. The van der Waals surface area contributed by atoms with E-state index in [1.54, 1.807) is 19.2 Å². The highest BCUT2D eigenvalue weighted by molar-refractivity contribution is 6.30. The lowest BCUT2D eigenvalue weighted by Gasteiger charge is -2.32. The zero-order valence-electron chi connectivity index (χ0n) is 15.2. The van der Waals surface area contributed by atoms with Crippen LogP contribution in [0.2, 0.25) is 5.02 Å². The number of Topliss-reactive ketones (excluding diaryl/α,β-unsaturated/α-hetero) is 1. The molecule has 0 radical (unpaired) electrons. The summed E-state index contributed by atoms with van der Waals surface area (Å²) in [6, 6.07) is 11.1. The van der Waals surface area contributed by atoms with Gasteiger partial charge < -0.3 is 14.2 Å². The Morgan fingerprint density at radius 3 is 2.85 bits per heavy atom. The highest BCUT2D eigenvalue weighted by Crippen LogP contribution is 2.42. The van der Waals surface area contributed by atoms with E-state index in [-0.39, 0.29) is 18.5 Å². The van der Waals surface area contributed by atoms with Crippen LogP contribution in [0.3, 0.4) is 0 Å². The van der Waals surface area contributed by atoms with Crippen molar-refractivity contribution in [2.75, 3.05) is 27.0 Å². The molecule has 1 atom stereocenters. The first-order valence-electron chi connectivity index (χ1n) is 9.12. The zero-order chi connectivity index (χ0) is 18.8. The van der Waals surface area contributed by atoms with Crippen LogP contribution in [0.25, 0.3) is 0 Å². The van der Waals surface area contributed by atoms with Gasteiger partial charge in [0.25, 0.3) is 0 Å². The number of methoxy groups -OCH3 is 1. The lowest BCUT2D eigenvalue weighted by molar-refractivity contribution is 0.0811. The van der Waals surface area contributed by atoms with Gasteiger partial charge in [-0.3, -0.25) is 9.69 Å². The van der Waals surface area contributed by atoms with Crippen molar-refractivity contribution in [3.05, 3.63) is 52.5 Å². The maximum Gasteiger partial charge on any atom is 0.231 e. The van der Waals surface area contributed by atoms with Crippen molar-refractivity contribution >= 4 is 17.4 Å². The van der Waals surface area contributed by atoms with Gasteiger partial charge in [0.1, 0.15) is 0 Å². The molecular formula is C21H22ClNO4. The Morgan fingerprint density at radius 2 is 2.07 bits per heavy atom. The molecule has 142 valence electrons. The summed E-state index contributed by atoms with van der Waals surface area (Å²) in [5.41, 5.74) is 1.83. The van der Waals surface area contributed by atoms with E-state index in [0.717, 1.165) is 49.4 Å². The van der Waals surface area contributed by atoms with Crippen LogP contribution >= 0.6 is 11.6 Å². The first kappa shape index (κ1) is 18.1. The van der Waals surface area contributed by atoms with Crippen molar-refractivity contribution < 1.29 is 19.0 Å². The number of ketones is 1. The van der Waals surface area contributed by atoms with Crippen LogP contribution in [0.1, 0.15) is 28.8 Å². The van der Waals surface area contributed by atoms with E-state index < -0.39 is 0 Å². The second kappa shape index (κ2) is 7.79. The molecule has 0 spiro atoms. The molecule has 6 heteroatoms. The summed E-state index contributed by atoms with van der Waals surface area (Å²) in [6.07, 6.45) is 1.92. The Bertz CT molecular complexity index is 837. The lowest BCUT2D eigenvalue weighted by atomic mass is 9.90. The van der Waals surface area contributed by atoms with E-state index in [1.165, 1.54) is 0 Å². The van der Waals surface area contributed by atoms with Crippen molar-refractivity contribution in [3.63, 3.8) is 0 Å². The molecule has 0 aliphatic carbocycles. The summed E-state index contributed by atoms with van der Waals surface area (Å²) < 4.78 is 16.4. The number of carbonyl (C=O) groups is 1. The van der Waals surface area contributed by atoms with Crippen LogP contribution in [0.15, 0.2) is 36.4 Å². The number of carbonyl (C=O) groups excluding carboxylic acids is 1. The van der Waals surface area contributed by atoms with Crippen molar-refractivity contribution in [2.24, 2.45) is 5.92 Å². The molecule has 1 unspecified atom stereocenters. The van der Waals surface area contributed by atoms with Crippen molar-refractivity contribution in [3.8, 4) is 17.2 Å². The number of hydrogen-bond acceptors (Lipinski definition) is 5. The summed E-state index contributed by atoms with van der Waals surface area (Å²) in [7, 11) is 1.63. The number of nitrogens with zero attached hydrogens (tertiary/aromatic N) is 1. The number of likely N-dealkylation sites (tertiary alicyclic amines) is 1. The molecule has 0 amide bonds. The average molecular weight is 388 g/mol. The normalized spacial score (nSPS) is 19.1. The molecule has 0 N–H and O–H groups in total. The van der Waals surface area contributed by atoms with Gasteiger partial charge in [-0.25, -0.2) is 0 Å². The van der Waals surface area contributed by atoms with Gasteiger partial charge in [-0.15, -0.1) is 0 Å². The smallest absolute Gasteiger partial charge is 0.231 e. The molecule has 2 aliphatic rings. The molecule has 1 fully saturated rings. The molecule has 2 aromatic rings. The van der Waals surface area contributed by atoms with E-state index >= 15 is 0 Å². The molecule has 0 bridgehead atoms. The lowest BCUT2D eigenvalue weighted by Crippen LogP contribution is -2.38. The predicted octanol–water partition coefficient (Wildman–Crippen LogP) is 4.17. The zero-order valence-corrected chi connectivity index (χ0v) is 16.0. The van der Waals surface area contributed by atoms with Crippen LogP contribution in [0.4, 0.5) is 0 Å². The molecule has 5 nitrogen and oxygen atoms in total. The van der Waals surface area contributed by atoms with Crippen LogP contribution in [-0.4, -0.2) is 37.7 Å². The standard InChI is InChI=1S/C21H22ClNO4/c1-25-18-9-14(10-19-21(18)27-13-26-19)11-23-8-2-3-16(12-23)20(24)15-4-6-17(22)7-5-15/h4-7,9-10,16H,2-3,8,11-13H2,1H3. The Balaban J connectivity index is 1.46. The summed E-state index contributed by atoms with van der Waals surface area (Å²) in [6.45, 7) is 2.69. The number of halogens is 1. The number of benzene rings is 2. The fraction of sp³-hybridized carbons (Fsp3) is 0.381. The van der Waals surface area contributed by atoms with Gasteiger partial charge in [-0.1, -0.05) is 11.6 Å². The summed E-state index contributed by atoms with van der Waals surface area (Å²) in [5, 5.41) is 0.647. The van der Waals surface area contributed by atoms with E-state index in [4.69, 9.17) is 25.8 Å². The van der Waals surface area contributed by atoms with Crippen molar-refractivity contribution in [1.29, 1.82) is 0 Å². The van der Waals surface area contributed by atoms with Crippen LogP contribution in [0, 0.1) is 5.92 Å². The van der Waals surface area contributed by atoms with Crippen LogP contribution in [0.5, 0.6) is 17.2 Å². The fourth-order valence-electron chi connectivity index (χ4n) is 3.80. The van der Waals surface area contributed by atoms with Gasteiger partial charge in [0.15, 0.2) is 17.3 Å². The molecule has 2 aliphatic heterocycles. The van der Waals surface area contributed by atoms with Gasteiger partial charge in [0.2, 0.25) is 12.5 Å². The third kappa shape index (κ3) is 3.89. The minimum atomic E-state index is 0.0100. The third-order valence-corrected chi connectivity index (χ3v) is 5.38. The number of hydrogen-bond donors (Lipinski definition) is 0. The SMILES string of the molecule is COc1cc(CN2CCCC(C(=O)c3ccc(Cl)cc3)C2)cc2c1OCO2. The molecule has 2 aromatic carbocycles. The van der Waals surface area contributed by atoms with Gasteiger partial charge in [0, 0.05) is 29.6 Å². The second-order valence-electron chi connectivity index (χ2n) is 6.98. The van der Waals surface area contributed by atoms with Crippen LogP contribution in [-0.2, 0) is 6.54 Å². The summed E-state index contributed by atoms with van der Waals surface area (Å²) >= 11 is 5.93. The largest absolute Gasteiger partial charge is 0.493 e. The van der Waals surface area contributed by atoms with Crippen LogP contribution < -0.4 is 14.2 Å². The molecule has 1 saturated heterocycles.